The second kappa shape index (κ2) is 5.25. The van der Waals surface area contributed by atoms with Crippen LogP contribution in [0, 0.1) is 17.1 Å². The first-order valence-corrected chi connectivity index (χ1v) is 6.81. The van der Waals surface area contributed by atoms with E-state index in [1.807, 2.05) is 6.07 Å². The molecule has 1 rings (SSSR count). The van der Waals surface area contributed by atoms with Crippen molar-refractivity contribution in [3.05, 3.63) is 35.1 Å². The van der Waals surface area contributed by atoms with Crippen molar-refractivity contribution in [2.75, 3.05) is 5.75 Å². The molecule has 0 aliphatic rings. The van der Waals surface area contributed by atoms with Crippen LogP contribution in [0.2, 0.25) is 0 Å². The third kappa shape index (κ3) is 4.13. The summed E-state index contributed by atoms with van der Waals surface area (Å²) in [4.78, 5) is 0. The van der Waals surface area contributed by atoms with Crippen molar-refractivity contribution in [2.24, 2.45) is 5.73 Å². The molecule has 0 saturated carbocycles. The van der Waals surface area contributed by atoms with Gasteiger partial charge in [0, 0.05) is 6.04 Å². The van der Waals surface area contributed by atoms with E-state index in [2.05, 4.69) is 0 Å². The van der Waals surface area contributed by atoms with Crippen molar-refractivity contribution >= 4 is 9.84 Å². The summed E-state index contributed by atoms with van der Waals surface area (Å²) in [6.45, 7) is 1.58. The molecule has 4 nitrogen and oxygen atoms in total. The maximum absolute atomic E-state index is 13.0. The molecule has 17 heavy (non-hydrogen) atoms. The average molecular weight is 256 g/mol. The fourth-order valence-corrected chi connectivity index (χ4v) is 3.12. The van der Waals surface area contributed by atoms with Gasteiger partial charge in [-0.25, -0.2) is 12.8 Å². The lowest BCUT2D eigenvalue weighted by atomic mass is 10.1. The van der Waals surface area contributed by atoms with Gasteiger partial charge in [-0.05, 0) is 30.7 Å². The summed E-state index contributed by atoms with van der Waals surface area (Å²) < 4.78 is 36.3. The Labute approximate surface area is 99.8 Å². The number of nitrogens with two attached hydrogens (primary N) is 1. The summed E-state index contributed by atoms with van der Waals surface area (Å²) in [5.41, 5.74) is 5.75. The summed E-state index contributed by atoms with van der Waals surface area (Å²) in [5, 5.41) is 8.80. The maximum Gasteiger partial charge on any atom is 0.156 e. The first-order valence-electron chi connectivity index (χ1n) is 4.98. The Balaban J connectivity index is 3.03. The number of benzene rings is 1. The summed E-state index contributed by atoms with van der Waals surface area (Å²) in [7, 11) is -3.43. The van der Waals surface area contributed by atoms with Crippen molar-refractivity contribution in [1.82, 2.24) is 0 Å². The topological polar surface area (TPSA) is 84.0 Å². The quantitative estimate of drug-likeness (QED) is 0.869. The molecule has 0 radical (unpaired) electrons. The van der Waals surface area contributed by atoms with Gasteiger partial charge in [0.25, 0.3) is 0 Å². The standard InChI is InChI=1S/C11H13FN2O2S/c1-8(14)6-17(15,16)7-10-4-11(12)3-2-9(10)5-13/h2-4,8H,6-7,14H2,1H3. The highest BCUT2D eigenvalue weighted by molar-refractivity contribution is 7.90. The Morgan fingerprint density at radius 3 is 2.71 bits per heavy atom. The van der Waals surface area contributed by atoms with Crippen LogP contribution < -0.4 is 5.73 Å². The van der Waals surface area contributed by atoms with Crippen molar-refractivity contribution in [2.45, 2.75) is 18.7 Å². The maximum atomic E-state index is 13.0. The molecule has 92 valence electrons. The Bertz CT molecular complexity index is 547. The van der Waals surface area contributed by atoms with Gasteiger partial charge in [-0.1, -0.05) is 0 Å². The van der Waals surface area contributed by atoms with Crippen LogP contribution in [0.15, 0.2) is 18.2 Å². The minimum Gasteiger partial charge on any atom is -0.327 e. The fourth-order valence-electron chi connectivity index (χ4n) is 1.49. The van der Waals surface area contributed by atoms with E-state index in [1.165, 1.54) is 6.07 Å². The van der Waals surface area contributed by atoms with Gasteiger partial charge in [0.05, 0.1) is 23.1 Å². The third-order valence-corrected chi connectivity index (χ3v) is 3.86. The zero-order chi connectivity index (χ0) is 13.1. The SMILES string of the molecule is CC(N)CS(=O)(=O)Cc1cc(F)ccc1C#N. The molecule has 0 aliphatic heterocycles. The lowest BCUT2D eigenvalue weighted by Crippen LogP contribution is -2.27. The molecule has 1 unspecified atom stereocenters. The normalized spacial score (nSPS) is 13.1. The second-order valence-electron chi connectivity index (χ2n) is 3.95. The number of rotatable bonds is 4. The largest absolute Gasteiger partial charge is 0.327 e. The number of halogens is 1. The molecule has 2 N–H and O–H groups in total. The minimum absolute atomic E-state index is 0.166. The van der Waals surface area contributed by atoms with E-state index in [0.29, 0.717) is 0 Å². The molecule has 0 spiro atoms. The van der Waals surface area contributed by atoms with Crippen LogP contribution >= 0.6 is 0 Å². The molecular weight excluding hydrogens is 243 g/mol. The Kier molecular flexibility index (Phi) is 4.21. The average Bonchev–Trinajstić information content (AvgIpc) is 2.14. The van der Waals surface area contributed by atoms with Gasteiger partial charge >= 0.3 is 0 Å². The first-order chi connectivity index (χ1) is 7.84. The van der Waals surface area contributed by atoms with E-state index in [4.69, 9.17) is 11.0 Å². The van der Waals surface area contributed by atoms with Crippen LogP contribution in [0.25, 0.3) is 0 Å². The zero-order valence-corrected chi connectivity index (χ0v) is 10.2. The summed E-state index contributed by atoms with van der Waals surface area (Å²) in [6, 6.07) is 4.81. The highest BCUT2D eigenvalue weighted by Crippen LogP contribution is 2.14. The Morgan fingerprint density at radius 2 is 2.18 bits per heavy atom. The Morgan fingerprint density at radius 1 is 1.53 bits per heavy atom. The highest BCUT2D eigenvalue weighted by Gasteiger charge is 2.17. The molecule has 0 aliphatic carbocycles. The minimum atomic E-state index is -3.43. The summed E-state index contributed by atoms with van der Waals surface area (Å²) >= 11 is 0. The lowest BCUT2D eigenvalue weighted by Gasteiger charge is -2.08. The number of hydrogen-bond acceptors (Lipinski definition) is 4. The van der Waals surface area contributed by atoms with Crippen LogP contribution in [0.1, 0.15) is 18.1 Å². The number of nitrogens with zero attached hydrogens (tertiary/aromatic N) is 1. The van der Waals surface area contributed by atoms with Crippen molar-refractivity contribution in [1.29, 1.82) is 5.26 Å². The van der Waals surface area contributed by atoms with Gasteiger partial charge in [0.15, 0.2) is 9.84 Å². The molecule has 1 atom stereocenters. The number of hydrogen-bond donors (Lipinski definition) is 1. The zero-order valence-electron chi connectivity index (χ0n) is 9.35. The molecule has 0 aromatic heterocycles. The summed E-state index contributed by atoms with van der Waals surface area (Å²) in [6.07, 6.45) is 0. The molecule has 0 saturated heterocycles. The third-order valence-electron chi connectivity index (χ3n) is 2.08. The van der Waals surface area contributed by atoms with Crippen LogP contribution in [0.5, 0.6) is 0 Å². The fraction of sp³-hybridized carbons (Fsp3) is 0.364. The van der Waals surface area contributed by atoms with E-state index < -0.39 is 21.7 Å². The molecule has 1 aromatic rings. The van der Waals surface area contributed by atoms with E-state index in [9.17, 15) is 12.8 Å². The molecule has 1 aromatic carbocycles. The van der Waals surface area contributed by atoms with Gasteiger partial charge < -0.3 is 5.73 Å². The van der Waals surface area contributed by atoms with E-state index >= 15 is 0 Å². The second-order valence-corrected chi connectivity index (χ2v) is 6.05. The first kappa shape index (κ1) is 13.6. The van der Waals surface area contributed by atoms with E-state index in [-0.39, 0.29) is 22.6 Å². The lowest BCUT2D eigenvalue weighted by molar-refractivity contribution is 0.588. The highest BCUT2D eigenvalue weighted by atomic mass is 32.2. The Hall–Kier alpha value is -1.45. The molecule has 0 amide bonds. The van der Waals surface area contributed by atoms with Crippen molar-refractivity contribution < 1.29 is 12.8 Å². The van der Waals surface area contributed by atoms with Gasteiger partial charge in [0.2, 0.25) is 0 Å². The van der Waals surface area contributed by atoms with Gasteiger partial charge in [0.1, 0.15) is 5.82 Å². The van der Waals surface area contributed by atoms with E-state index in [0.717, 1.165) is 12.1 Å². The molecule has 0 heterocycles. The number of nitriles is 1. The van der Waals surface area contributed by atoms with Gasteiger partial charge in [-0.15, -0.1) is 0 Å². The summed E-state index contributed by atoms with van der Waals surface area (Å²) in [5.74, 6) is -1.11. The van der Waals surface area contributed by atoms with Crippen molar-refractivity contribution in [3.8, 4) is 6.07 Å². The smallest absolute Gasteiger partial charge is 0.156 e. The van der Waals surface area contributed by atoms with Crippen LogP contribution in [-0.2, 0) is 15.6 Å². The van der Waals surface area contributed by atoms with Gasteiger partial charge in [-0.3, -0.25) is 0 Å². The predicted molar refractivity (Wildman–Crippen MR) is 62.3 cm³/mol. The molecular formula is C11H13FN2O2S. The molecule has 0 bridgehead atoms. The van der Waals surface area contributed by atoms with Crippen molar-refractivity contribution in [3.63, 3.8) is 0 Å². The molecule has 6 heteroatoms. The van der Waals surface area contributed by atoms with Gasteiger partial charge in [-0.2, -0.15) is 5.26 Å². The monoisotopic (exact) mass is 256 g/mol. The van der Waals surface area contributed by atoms with Crippen LogP contribution in [0.4, 0.5) is 4.39 Å². The van der Waals surface area contributed by atoms with Crippen LogP contribution in [0.3, 0.4) is 0 Å². The predicted octanol–water partition coefficient (Wildman–Crippen LogP) is 0.959. The van der Waals surface area contributed by atoms with E-state index in [1.54, 1.807) is 6.92 Å². The van der Waals surface area contributed by atoms with Crippen LogP contribution in [-0.4, -0.2) is 20.2 Å². The molecule has 0 fully saturated rings. The number of sulfone groups is 1.